The molecule has 0 spiro atoms. The van der Waals surface area contributed by atoms with Crippen molar-refractivity contribution in [2.45, 2.75) is 13.3 Å². The Bertz CT molecular complexity index is 893. The van der Waals surface area contributed by atoms with Gasteiger partial charge in [0.2, 0.25) is 0 Å². The third-order valence-corrected chi connectivity index (χ3v) is 4.73. The largest absolute Gasteiger partial charge is 0.481 e. The molecule has 0 heterocycles. The second kappa shape index (κ2) is 6.42. The van der Waals surface area contributed by atoms with Gasteiger partial charge in [-0.1, -0.05) is 35.3 Å². The van der Waals surface area contributed by atoms with Crippen LogP contribution >= 0.6 is 23.2 Å². The summed E-state index contributed by atoms with van der Waals surface area (Å²) >= 11 is 12.5. The van der Waals surface area contributed by atoms with Gasteiger partial charge in [0.1, 0.15) is 5.82 Å². The van der Waals surface area contributed by atoms with Crippen molar-refractivity contribution in [2.75, 3.05) is 0 Å². The lowest BCUT2D eigenvalue weighted by Gasteiger charge is -2.07. The van der Waals surface area contributed by atoms with Crippen LogP contribution in [0.5, 0.6) is 0 Å². The van der Waals surface area contributed by atoms with Crippen LogP contribution < -0.4 is 0 Å². The number of benzene rings is 2. The molecule has 0 saturated heterocycles. The van der Waals surface area contributed by atoms with Gasteiger partial charge in [0.25, 0.3) is 0 Å². The maximum absolute atomic E-state index is 13.7. The van der Waals surface area contributed by atoms with Crippen molar-refractivity contribution < 1.29 is 14.3 Å². The average molecular weight is 363 g/mol. The summed E-state index contributed by atoms with van der Waals surface area (Å²) in [4.78, 5) is 11.2. The predicted octanol–water partition coefficient (Wildman–Crippen LogP) is 5.93. The molecule has 2 aromatic carbocycles. The molecule has 5 heteroatoms. The van der Waals surface area contributed by atoms with Crippen molar-refractivity contribution in [2.24, 2.45) is 0 Å². The Morgan fingerprint density at radius 3 is 2.46 bits per heavy atom. The number of carbonyl (C=O) groups is 1. The van der Waals surface area contributed by atoms with E-state index in [1.807, 2.05) is 13.0 Å². The predicted molar refractivity (Wildman–Crippen MR) is 95.6 cm³/mol. The molecule has 0 fully saturated rings. The van der Waals surface area contributed by atoms with Gasteiger partial charge in [0, 0.05) is 15.6 Å². The number of halogens is 3. The Morgan fingerprint density at radius 2 is 1.83 bits per heavy atom. The van der Waals surface area contributed by atoms with Crippen molar-refractivity contribution in [1.29, 1.82) is 0 Å². The zero-order chi connectivity index (χ0) is 17.4. The molecule has 0 bridgehead atoms. The molecule has 122 valence electrons. The lowest BCUT2D eigenvalue weighted by molar-refractivity contribution is -0.135. The van der Waals surface area contributed by atoms with Gasteiger partial charge < -0.3 is 5.11 Å². The summed E-state index contributed by atoms with van der Waals surface area (Å²) in [5.41, 5.74) is 4.23. The number of fused-ring (bicyclic) bond motifs is 1. The normalized spacial score (nSPS) is 15.1. The zero-order valence-corrected chi connectivity index (χ0v) is 14.2. The van der Waals surface area contributed by atoms with E-state index in [-0.39, 0.29) is 6.42 Å². The summed E-state index contributed by atoms with van der Waals surface area (Å²) in [6.45, 7) is 1.83. The highest BCUT2D eigenvalue weighted by Crippen LogP contribution is 2.44. The van der Waals surface area contributed by atoms with E-state index in [2.05, 4.69) is 0 Å². The Balaban J connectivity index is 2.23. The molecule has 0 atom stereocenters. The average Bonchev–Trinajstić information content (AvgIpc) is 2.75. The molecule has 0 saturated carbocycles. The molecule has 0 unspecified atom stereocenters. The van der Waals surface area contributed by atoms with Crippen LogP contribution in [0.3, 0.4) is 0 Å². The first-order valence-electron chi connectivity index (χ1n) is 7.26. The van der Waals surface area contributed by atoms with Gasteiger partial charge in [-0.05, 0) is 65.1 Å². The SMILES string of the molecule is CC1=C(CC(=O)O)c2cc(F)ccc2/C1=C\c1c(Cl)cccc1Cl. The topological polar surface area (TPSA) is 37.3 Å². The van der Waals surface area contributed by atoms with Gasteiger partial charge in [0.15, 0.2) is 0 Å². The Morgan fingerprint density at radius 1 is 1.17 bits per heavy atom. The summed E-state index contributed by atoms with van der Waals surface area (Å²) in [7, 11) is 0. The van der Waals surface area contributed by atoms with Crippen LogP contribution in [0.2, 0.25) is 10.0 Å². The fourth-order valence-corrected chi connectivity index (χ4v) is 3.43. The van der Waals surface area contributed by atoms with Crippen LogP contribution in [0.1, 0.15) is 30.0 Å². The summed E-state index contributed by atoms with van der Waals surface area (Å²) in [5, 5.41) is 10.2. The number of allylic oxidation sites excluding steroid dienone is 2. The van der Waals surface area contributed by atoms with E-state index in [1.165, 1.54) is 12.1 Å². The van der Waals surface area contributed by atoms with Gasteiger partial charge in [-0.2, -0.15) is 0 Å². The Hall–Kier alpha value is -2.10. The van der Waals surface area contributed by atoms with Crippen molar-refractivity contribution >= 4 is 46.4 Å². The van der Waals surface area contributed by atoms with Crippen LogP contribution in [0.4, 0.5) is 4.39 Å². The van der Waals surface area contributed by atoms with Crippen LogP contribution in [0.25, 0.3) is 17.2 Å². The summed E-state index contributed by atoms with van der Waals surface area (Å²) in [6, 6.07) is 9.60. The molecular formula is C19H13Cl2FO2. The van der Waals surface area contributed by atoms with E-state index >= 15 is 0 Å². The second-order valence-electron chi connectivity index (χ2n) is 5.56. The molecule has 0 radical (unpaired) electrons. The minimum absolute atomic E-state index is 0.171. The van der Waals surface area contributed by atoms with E-state index in [0.717, 1.165) is 16.7 Å². The molecule has 1 aliphatic rings. The lowest BCUT2D eigenvalue weighted by Crippen LogP contribution is -1.97. The van der Waals surface area contributed by atoms with Crippen LogP contribution in [-0.4, -0.2) is 11.1 Å². The number of carboxylic acids is 1. The summed E-state index contributed by atoms with van der Waals surface area (Å²) in [6.07, 6.45) is 1.65. The Labute approximate surface area is 148 Å². The molecule has 3 rings (SSSR count). The number of rotatable bonds is 3. The maximum Gasteiger partial charge on any atom is 0.307 e. The van der Waals surface area contributed by atoms with Crippen LogP contribution in [0, 0.1) is 5.82 Å². The smallest absolute Gasteiger partial charge is 0.307 e. The molecule has 24 heavy (non-hydrogen) atoms. The van der Waals surface area contributed by atoms with E-state index < -0.39 is 11.8 Å². The quantitative estimate of drug-likeness (QED) is 0.733. The molecule has 1 N–H and O–H groups in total. The van der Waals surface area contributed by atoms with E-state index in [1.54, 1.807) is 24.3 Å². The van der Waals surface area contributed by atoms with Crippen LogP contribution in [0.15, 0.2) is 42.0 Å². The fourth-order valence-electron chi connectivity index (χ4n) is 2.93. The van der Waals surface area contributed by atoms with Crippen molar-refractivity contribution in [3.05, 3.63) is 74.5 Å². The standard InChI is InChI=1S/C19H13Cl2FO2/c1-10-13(8-16-17(20)3-2-4-18(16)21)12-6-5-11(22)7-15(12)14(10)9-19(23)24/h2-8H,9H2,1H3,(H,23,24)/b13-8-. The van der Waals surface area contributed by atoms with E-state index in [4.69, 9.17) is 28.3 Å². The minimum atomic E-state index is -0.961. The van der Waals surface area contributed by atoms with Crippen molar-refractivity contribution in [3.8, 4) is 0 Å². The van der Waals surface area contributed by atoms with Crippen molar-refractivity contribution in [1.82, 2.24) is 0 Å². The first-order valence-corrected chi connectivity index (χ1v) is 8.02. The zero-order valence-electron chi connectivity index (χ0n) is 12.7. The minimum Gasteiger partial charge on any atom is -0.481 e. The van der Waals surface area contributed by atoms with Gasteiger partial charge in [0.05, 0.1) is 6.42 Å². The number of aliphatic carboxylic acids is 1. The highest BCUT2D eigenvalue weighted by atomic mass is 35.5. The van der Waals surface area contributed by atoms with E-state index in [9.17, 15) is 9.18 Å². The maximum atomic E-state index is 13.7. The number of hydrogen-bond donors (Lipinski definition) is 1. The van der Waals surface area contributed by atoms with Gasteiger partial charge >= 0.3 is 5.97 Å². The highest BCUT2D eigenvalue weighted by Gasteiger charge is 2.26. The monoisotopic (exact) mass is 362 g/mol. The third-order valence-electron chi connectivity index (χ3n) is 4.07. The second-order valence-corrected chi connectivity index (χ2v) is 6.37. The van der Waals surface area contributed by atoms with Gasteiger partial charge in [-0.3, -0.25) is 4.79 Å². The lowest BCUT2D eigenvalue weighted by atomic mass is 10.0. The highest BCUT2D eigenvalue weighted by molar-refractivity contribution is 6.37. The molecule has 0 aliphatic heterocycles. The molecular weight excluding hydrogens is 350 g/mol. The molecule has 2 aromatic rings. The molecule has 0 aromatic heterocycles. The number of hydrogen-bond acceptors (Lipinski definition) is 1. The van der Waals surface area contributed by atoms with Crippen molar-refractivity contribution in [3.63, 3.8) is 0 Å². The van der Waals surface area contributed by atoms with E-state index in [0.29, 0.717) is 26.7 Å². The van der Waals surface area contributed by atoms with Gasteiger partial charge in [-0.15, -0.1) is 0 Å². The number of carboxylic acid groups (broad SMARTS) is 1. The third kappa shape index (κ3) is 2.97. The summed E-state index contributed by atoms with van der Waals surface area (Å²) in [5.74, 6) is -1.36. The Kier molecular flexibility index (Phi) is 4.48. The first kappa shape index (κ1) is 16.7. The van der Waals surface area contributed by atoms with Gasteiger partial charge in [-0.25, -0.2) is 4.39 Å². The van der Waals surface area contributed by atoms with Crippen LogP contribution in [-0.2, 0) is 4.79 Å². The fraction of sp³-hybridized carbons (Fsp3) is 0.105. The molecule has 2 nitrogen and oxygen atoms in total. The molecule has 1 aliphatic carbocycles. The first-order chi connectivity index (χ1) is 11.4. The molecule has 0 amide bonds. The summed E-state index contributed by atoms with van der Waals surface area (Å²) < 4.78 is 13.7.